The van der Waals surface area contributed by atoms with Crippen LogP contribution in [-0.4, -0.2) is 17.7 Å². The molecule has 1 nitrogen and oxygen atoms in total. The van der Waals surface area contributed by atoms with E-state index in [0.29, 0.717) is 0 Å². The van der Waals surface area contributed by atoms with Crippen molar-refractivity contribution < 1.29 is 0 Å². The first-order valence-electron chi connectivity index (χ1n) is 4.28. The molecule has 0 radical (unpaired) electrons. The van der Waals surface area contributed by atoms with Crippen LogP contribution in [0.1, 0.15) is 32.6 Å². The van der Waals surface area contributed by atoms with Crippen molar-refractivity contribution in [3.8, 4) is 0 Å². The first-order chi connectivity index (χ1) is 4.93. The maximum Gasteiger partial charge on any atom is 0.0532 e. The minimum Gasteiger partial charge on any atom is -0.305 e. The SMILES string of the molecule is CCCC[C@H]1NCCCS1. The molecule has 0 amide bonds. The fraction of sp³-hybridized carbons (Fsp3) is 1.00. The van der Waals surface area contributed by atoms with Crippen LogP contribution in [0.2, 0.25) is 0 Å². The first kappa shape index (κ1) is 8.41. The average Bonchev–Trinajstić information content (AvgIpc) is 2.03. The van der Waals surface area contributed by atoms with E-state index in [1.165, 1.54) is 38.0 Å². The van der Waals surface area contributed by atoms with Crippen molar-refractivity contribution in [3.63, 3.8) is 0 Å². The van der Waals surface area contributed by atoms with Crippen LogP contribution < -0.4 is 5.32 Å². The third kappa shape index (κ3) is 2.93. The van der Waals surface area contributed by atoms with Crippen molar-refractivity contribution in [3.05, 3.63) is 0 Å². The maximum atomic E-state index is 3.52. The summed E-state index contributed by atoms with van der Waals surface area (Å²) in [6.45, 7) is 3.49. The van der Waals surface area contributed by atoms with Gasteiger partial charge in [0.2, 0.25) is 0 Å². The lowest BCUT2D eigenvalue weighted by Gasteiger charge is -2.22. The zero-order valence-corrected chi connectivity index (χ0v) is 7.54. The highest BCUT2D eigenvalue weighted by atomic mass is 32.2. The van der Waals surface area contributed by atoms with Gasteiger partial charge < -0.3 is 5.32 Å². The van der Waals surface area contributed by atoms with E-state index < -0.39 is 0 Å². The van der Waals surface area contributed by atoms with Crippen LogP contribution in [-0.2, 0) is 0 Å². The molecule has 10 heavy (non-hydrogen) atoms. The van der Waals surface area contributed by atoms with Crippen LogP contribution in [0.25, 0.3) is 0 Å². The molecule has 1 fully saturated rings. The molecule has 1 aliphatic heterocycles. The number of hydrogen-bond donors (Lipinski definition) is 1. The van der Waals surface area contributed by atoms with Gasteiger partial charge in [0.1, 0.15) is 0 Å². The minimum absolute atomic E-state index is 0.772. The second-order valence-corrected chi connectivity index (χ2v) is 4.12. The van der Waals surface area contributed by atoms with Gasteiger partial charge in [-0.1, -0.05) is 19.8 Å². The molecular weight excluding hydrogens is 142 g/mol. The highest BCUT2D eigenvalue weighted by Crippen LogP contribution is 2.18. The van der Waals surface area contributed by atoms with E-state index in [2.05, 4.69) is 24.0 Å². The maximum absolute atomic E-state index is 3.52. The highest BCUT2D eigenvalue weighted by Gasteiger charge is 2.10. The molecule has 1 rings (SSSR count). The van der Waals surface area contributed by atoms with Crippen LogP contribution in [0, 0.1) is 0 Å². The Bertz CT molecular complexity index is 79.3. The minimum atomic E-state index is 0.772. The lowest BCUT2D eigenvalue weighted by molar-refractivity contribution is 0.564. The molecule has 1 saturated heterocycles. The summed E-state index contributed by atoms with van der Waals surface area (Å²) < 4.78 is 0. The molecule has 1 heterocycles. The van der Waals surface area contributed by atoms with Crippen LogP contribution in [0.5, 0.6) is 0 Å². The predicted molar refractivity (Wildman–Crippen MR) is 48.4 cm³/mol. The summed E-state index contributed by atoms with van der Waals surface area (Å²) in [5.74, 6) is 1.36. The van der Waals surface area contributed by atoms with E-state index >= 15 is 0 Å². The van der Waals surface area contributed by atoms with E-state index in [9.17, 15) is 0 Å². The number of thioether (sulfide) groups is 1. The van der Waals surface area contributed by atoms with Crippen molar-refractivity contribution in [2.75, 3.05) is 12.3 Å². The summed E-state index contributed by atoms with van der Waals surface area (Å²) >= 11 is 2.09. The van der Waals surface area contributed by atoms with Crippen LogP contribution in [0.15, 0.2) is 0 Å². The Hall–Kier alpha value is 0.310. The smallest absolute Gasteiger partial charge is 0.0532 e. The predicted octanol–water partition coefficient (Wildman–Crippen LogP) is 2.23. The van der Waals surface area contributed by atoms with E-state index in [1.807, 2.05) is 0 Å². The molecule has 0 aromatic carbocycles. The van der Waals surface area contributed by atoms with E-state index in [4.69, 9.17) is 0 Å². The Morgan fingerprint density at radius 3 is 3.10 bits per heavy atom. The normalized spacial score (nSPS) is 26.7. The zero-order chi connectivity index (χ0) is 7.23. The van der Waals surface area contributed by atoms with Gasteiger partial charge in [-0.15, -0.1) is 11.8 Å². The summed E-state index contributed by atoms with van der Waals surface area (Å²) in [5.41, 5.74) is 0. The van der Waals surface area contributed by atoms with Gasteiger partial charge in [0.05, 0.1) is 5.37 Å². The van der Waals surface area contributed by atoms with Crippen molar-refractivity contribution in [1.82, 2.24) is 5.32 Å². The molecule has 1 atom stereocenters. The molecule has 1 aliphatic rings. The molecule has 0 aromatic rings. The Labute approximate surface area is 68.0 Å². The Balaban J connectivity index is 2.02. The van der Waals surface area contributed by atoms with Crippen LogP contribution >= 0.6 is 11.8 Å². The lowest BCUT2D eigenvalue weighted by atomic mass is 10.2. The third-order valence-corrected chi connectivity index (χ3v) is 3.16. The standard InChI is InChI=1S/C8H17NS/c1-2-3-5-8-9-6-4-7-10-8/h8-9H,2-7H2,1H3/t8-/m0/s1. The topological polar surface area (TPSA) is 12.0 Å². The number of rotatable bonds is 3. The monoisotopic (exact) mass is 159 g/mol. The fourth-order valence-electron chi connectivity index (χ4n) is 1.19. The molecule has 60 valence electrons. The summed E-state index contributed by atoms with van der Waals surface area (Å²) in [7, 11) is 0. The third-order valence-electron chi connectivity index (χ3n) is 1.83. The molecular formula is C8H17NS. The molecule has 0 aromatic heterocycles. The first-order valence-corrected chi connectivity index (χ1v) is 5.33. The second kappa shape index (κ2) is 5.03. The Kier molecular flexibility index (Phi) is 4.23. The summed E-state index contributed by atoms with van der Waals surface area (Å²) in [6, 6.07) is 0. The number of hydrogen-bond acceptors (Lipinski definition) is 2. The van der Waals surface area contributed by atoms with Crippen molar-refractivity contribution in [1.29, 1.82) is 0 Å². The molecule has 2 heteroatoms. The van der Waals surface area contributed by atoms with Crippen molar-refractivity contribution in [2.24, 2.45) is 0 Å². The van der Waals surface area contributed by atoms with Gasteiger partial charge in [0.15, 0.2) is 0 Å². The summed E-state index contributed by atoms with van der Waals surface area (Å²) in [4.78, 5) is 0. The van der Waals surface area contributed by atoms with Crippen LogP contribution in [0.3, 0.4) is 0 Å². The van der Waals surface area contributed by atoms with Gasteiger partial charge >= 0.3 is 0 Å². The fourth-order valence-corrected chi connectivity index (χ4v) is 2.36. The lowest BCUT2D eigenvalue weighted by Crippen LogP contribution is -2.31. The molecule has 0 saturated carbocycles. The summed E-state index contributed by atoms with van der Waals surface area (Å²) in [6.07, 6.45) is 5.43. The molecule has 0 unspecified atom stereocenters. The molecule has 1 N–H and O–H groups in total. The molecule has 0 aliphatic carbocycles. The average molecular weight is 159 g/mol. The molecule has 0 bridgehead atoms. The van der Waals surface area contributed by atoms with Gasteiger partial charge in [-0.05, 0) is 25.1 Å². The highest BCUT2D eigenvalue weighted by molar-refractivity contribution is 7.99. The summed E-state index contributed by atoms with van der Waals surface area (Å²) in [5, 5.41) is 4.29. The zero-order valence-electron chi connectivity index (χ0n) is 6.73. The van der Waals surface area contributed by atoms with Gasteiger partial charge in [-0.3, -0.25) is 0 Å². The number of nitrogens with one attached hydrogen (secondary N) is 1. The van der Waals surface area contributed by atoms with Gasteiger partial charge in [0.25, 0.3) is 0 Å². The number of unbranched alkanes of at least 4 members (excludes halogenated alkanes) is 1. The van der Waals surface area contributed by atoms with E-state index in [0.717, 1.165) is 5.37 Å². The van der Waals surface area contributed by atoms with Gasteiger partial charge in [0, 0.05) is 0 Å². The second-order valence-electron chi connectivity index (χ2n) is 2.81. The van der Waals surface area contributed by atoms with Crippen LogP contribution in [0.4, 0.5) is 0 Å². The Morgan fingerprint density at radius 1 is 1.60 bits per heavy atom. The largest absolute Gasteiger partial charge is 0.305 e. The van der Waals surface area contributed by atoms with Crippen molar-refractivity contribution in [2.45, 2.75) is 38.0 Å². The van der Waals surface area contributed by atoms with E-state index in [-0.39, 0.29) is 0 Å². The van der Waals surface area contributed by atoms with Gasteiger partial charge in [-0.25, -0.2) is 0 Å². The molecule has 0 spiro atoms. The van der Waals surface area contributed by atoms with Gasteiger partial charge in [-0.2, -0.15) is 0 Å². The quantitative estimate of drug-likeness (QED) is 0.677. The van der Waals surface area contributed by atoms with Crippen molar-refractivity contribution >= 4 is 11.8 Å². The van der Waals surface area contributed by atoms with E-state index in [1.54, 1.807) is 0 Å². The Morgan fingerprint density at radius 2 is 2.50 bits per heavy atom.